The quantitative estimate of drug-likeness (QED) is 0.175. The van der Waals surface area contributed by atoms with Crippen LogP contribution in [-0.2, 0) is 25.0 Å². The van der Waals surface area contributed by atoms with E-state index in [4.69, 9.17) is 19.2 Å². The van der Waals surface area contributed by atoms with Gasteiger partial charge in [-0.25, -0.2) is 9.59 Å². The molecular weight excluding hydrogens is 604 g/mol. The molecule has 2 atom stereocenters. The molecular formula is C39H40N4O5. The average molecular weight is 645 g/mol. The number of amides is 1. The lowest BCUT2D eigenvalue weighted by Crippen LogP contribution is -2.45. The largest absolute Gasteiger partial charge is 0.473 e. The number of hydrogen-bond donors (Lipinski definition) is 0. The molecule has 5 aromatic rings. The Morgan fingerprint density at radius 2 is 1.54 bits per heavy atom. The van der Waals surface area contributed by atoms with E-state index in [1.165, 1.54) is 5.57 Å². The second-order valence-corrected chi connectivity index (χ2v) is 13.5. The topological polar surface area (TPSA) is 87.8 Å². The summed E-state index contributed by atoms with van der Waals surface area (Å²) in [6.45, 7) is 6.32. The summed E-state index contributed by atoms with van der Waals surface area (Å²) < 4.78 is 21.3. The molecule has 7 rings (SSSR count). The van der Waals surface area contributed by atoms with E-state index in [9.17, 15) is 9.59 Å². The molecule has 0 N–H and O–H groups in total. The summed E-state index contributed by atoms with van der Waals surface area (Å²) in [7, 11) is 1.78. The number of aryl methyl sites for hydroxylation is 1. The summed E-state index contributed by atoms with van der Waals surface area (Å²) in [5.41, 5.74) is 5.54. The van der Waals surface area contributed by atoms with Crippen LogP contribution in [0.15, 0.2) is 102 Å². The highest BCUT2D eigenvalue weighted by atomic mass is 16.6. The van der Waals surface area contributed by atoms with Crippen molar-refractivity contribution < 1.29 is 19.0 Å². The minimum Gasteiger partial charge on any atom is -0.473 e. The minimum atomic E-state index is -0.541. The van der Waals surface area contributed by atoms with Gasteiger partial charge >= 0.3 is 11.8 Å². The molecule has 2 aliphatic heterocycles. The second kappa shape index (κ2) is 12.7. The number of imidazole rings is 1. The Morgan fingerprint density at radius 3 is 2.21 bits per heavy atom. The van der Waals surface area contributed by atoms with Gasteiger partial charge in [-0.3, -0.25) is 14.0 Å². The van der Waals surface area contributed by atoms with Crippen LogP contribution in [0.2, 0.25) is 0 Å². The molecule has 2 bridgehead atoms. The van der Waals surface area contributed by atoms with E-state index in [-0.39, 0.29) is 30.5 Å². The van der Waals surface area contributed by atoms with E-state index < -0.39 is 5.60 Å². The fourth-order valence-corrected chi connectivity index (χ4v) is 6.64. The van der Waals surface area contributed by atoms with Gasteiger partial charge in [0.25, 0.3) is 0 Å². The molecule has 4 heterocycles. The first kappa shape index (κ1) is 31.3. The highest BCUT2D eigenvalue weighted by Gasteiger charge is 2.41. The molecule has 3 aromatic carbocycles. The van der Waals surface area contributed by atoms with Crippen LogP contribution in [0.25, 0.3) is 22.3 Å². The Bertz CT molecular complexity index is 2040. The Morgan fingerprint density at radius 1 is 0.854 bits per heavy atom. The van der Waals surface area contributed by atoms with Crippen molar-refractivity contribution in [2.24, 2.45) is 7.05 Å². The normalized spacial score (nSPS) is 17.3. The van der Waals surface area contributed by atoms with Crippen molar-refractivity contribution in [3.63, 3.8) is 0 Å². The third-order valence-corrected chi connectivity index (χ3v) is 8.93. The zero-order valence-electron chi connectivity index (χ0n) is 27.8. The summed E-state index contributed by atoms with van der Waals surface area (Å²) >= 11 is 0. The Balaban J connectivity index is 1.21. The SMILES string of the molecule is Cn1c(=O)n(-c2ccc(OCc3ccccc3)nc2OCc2ccccc2)c2ccc(C3=CC4CCC(C3)N4C(=O)OC(C)(C)C)cc21. The van der Waals surface area contributed by atoms with Crippen LogP contribution in [0.4, 0.5) is 4.79 Å². The lowest BCUT2D eigenvalue weighted by atomic mass is 9.94. The molecule has 0 saturated carbocycles. The molecule has 2 aromatic heterocycles. The van der Waals surface area contributed by atoms with Gasteiger partial charge in [-0.15, -0.1) is 0 Å². The van der Waals surface area contributed by atoms with E-state index in [0.717, 1.165) is 47.0 Å². The molecule has 246 valence electrons. The first-order valence-corrected chi connectivity index (χ1v) is 16.4. The Hall–Kier alpha value is -5.31. The fourth-order valence-electron chi connectivity index (χ4n) is 6.64. The number of fused-ring (bicyclic) bond motifs is 3. The van der Waals surface area contributed by atoms with Gasteiger partial charge in [0, 0.05) is 19.2 Å². The number of ether oxygens (including phenoxy) is 3. The molecule has 1 saturated heterocycles. The summed E-state index contributed by atoms with van der Waals surface area (Å²) in [4.78, 5) is 33.5. The Labute approximate surface area is 280 Å². The molecule has 2 aliphatic rings. The maximum absolute atomic E-state index is 13.9. The lowest BCUT2D eigenvalue weighted by molar-refractivity contribution is 0.0175. The van der Waals surface area contributed by atoms with Crippen LogP contribution in [0, 0.1) is 0 Å². The third kappa shape index (κ3) is 6.32. The number of carbonyl (C=O) groups excluding carboxylic acids is 1. The summed E-state index contributed by atoms with van der Waals surface area (Å²) in [6, 6.07) is 29.5. The van der Waals surface area contributed by atoms with Crippen LogP contribution in [0.3, 0.4) is 0 Å². The van der Waals surface area contributed by atoms with E-state index in [0.29, 0.717) is 24.1 Å². The van der Waals surface area contributed by atoms with Crippen LogP contribution in [0.5, 0.6) is 11.8 Å². The van der Waals surface area contributed by atoms with Gasteiger partial charge in [0.1, 0.15) is 24.5 Å². The zero-order chi connectivity index (χ0) is 33.4. The first-order chi connectivity index (χ1) is 23.1. The highest BCUT2D eigenvalue weighted by Crippen LogP contribution is 2.40. The van der Waals surface area contributed by atoms with Crippen molar-refractivity contribution in [2.75, 3.05) is 0 Å². The molecule has 0 radical (unpaired) electrons. The van der Waals surface area contributed by atoms with E-state index in [1.807, 2.05) is 98.5 Å². The zero-order valence-corrected chi connectivity index (χ0v) is 27.8. The van der Waals surface area contributed by atoms with E-state index in [1.54, 1.807) is 22.2 Å². The van der Waals surface area contributed by atoms with Gasteiger partial charge in [0.05, 0.1) is 17.1 Å². The smallest absolute Gasteiger partial charge is 0.411 e. The number of aromatic nitrogens is 3. The van der Waals surface area contributed by atoms with Gasteiger partial charge < -0.3 is 14.2 Å². The van der Waals surface area contributed by atoms with Crippen molar-refractivity contribution in [1.82, 2.24) is 19.0 Å². The van der Waals surface area contributed by atoms with Gasteiger partial charge in [-0.2, -0.15) is 4.98 Å². The van der Waals surface area contributed by atoms with Gasteiger partial charge in [-0.1, -0.05) is 72.8 Å². The molecule has 1 amide bonds. The van der Waals surface area contributed by atoms with Gasteiger partial charge in [0.2, 0.25) is 11.8 Å². The minimum absolute atomic E-state index is 0.00395. The highest BCUT2D eigenvalue weighted by molar-refractivity contribution is 5.84. The van der Waals surface area contributed by atoms with E-state index in [2.05, 4.69) is 18.2 Å². The van der Waals surface area contributed by atoms with Crippen LogP contribution in [0.1, 0.15) is 56.7 Å². The molecule has 48 heavy (non-hydrogen) atoms. The van der Waals surface area contributed by atoms with Crippen LogP contribution >= 0.6 is 0 Å². The second-order valence-electron chi connectivity index (χ2n) is 13.5. The van der Waals surface area contributed by atoms with Crippen LogP contribution in [-0.4, -0.2) is 42.8 Å². The first-order valence-electron chi connectivity index (χ1n) is 16.4. The molecule has 0 spiro atoms. The van der Waals surface area contributed by atoms with Gasteiger partial charge in [0.15, 0.2) is 0 Å². The average Bonchev–Trinajstić information content (AvgIpc) is 3.50. The van der Waals surface area contributed by atoms with Gasteiger partial charge in [-0.05, 0) is 80.5 Å². The third-order valence-electron chi connectivity index (χ3n) is 8.93. The van der Waals surface area contributed by atoms with Crippen molar-refractivity contribution >= 4 is 22.7 Å². The lowest BCUT2D eigenvalue weighted by Gasteiger charge is -2.35. The number of rotatable bonds is 8. The number of hydrogen-bond acceptors (Lipinski definition) is 6. The molecule has 1 fully saturated rings. The van der Waals surface area contributed by atoms with Crippen LogP contribution < -0.4 is 15.2 Å². The number of nitrogens with zero attached hydrogens (tertiary/aromatic N) is 4. The van der Waals surface area contributed by atoms with Crippen molar-refractivity contribution in [1.29, 1.82) is 0 Å². The van der Waals surface area contributed by atoms with E-state index >= 15 is 0 Å². The summed E-state index contributed by atoms with van der Waals surface area (Å²) in [6.07, 6.45) is 4.52. The van der Waals surface area contributed by atoms with Crippen molar-refractivity contribution in [3.8, 4) is 17.4 Å². The summed E-state index contributed by atoms with van der Waals surface area (Å²) in [5, 5.41) is 0. The van der Waals surface area contributed by atoms with Crippen molar-refractivity contribution in [3.05, 3.63) is 124 Å². The van der Waals surface area contributed by atoms with Crippen molar-refractivity contribution in [2.45, 2.75) is 70.9 Å². The maximum Gasteiger partial charge on any atom is 0.411 e. The molecule has 2 unspecified atom stereocenters. The monoisotopic (exact) mass is 644 g/mol. The summed E-state index contributed by atoms with van der Waals surface area (Å²) in [5.74, 6) is 0.706. The predicted molar refractivity (Wildman–Crippen MR) is 185 cm³/mol. The number of carbonyl (C=O) groups is 1. The maximum atomic E-state index is 13.9. The number of benzene rings is 3. The Kier molecular flexibility index (Phi) is 8.29. The fraction of sp³-hybridized carbons (Fsp3) is 0.308. The predicted octanol–water partition coefficient (Wildman–Crippen LogP) is 7.44. The molecule has 0 aliphatic carbocycles. The number of pyridine rings is 1. The molecule has 9 nitrogen and oxygen atoms in total. The molecule has 9 heteroatoms. The standard InChI is InChI=1S/C39H40N4O5/c1-39(2,3)48-38(45)42-30-16-17-31(42)22-29(21-30)28-15-18-32-34(23-28)41(4)37(44)43(32)33-19-20-35(46-24-26-11-7-5-8-12-26)40-36(33)47-25-27-13-9-6-10-14-27/h5-15,18-21,23,30-31H,16-17,22,24-25H2,1-4H3.